The fourth-order valence-corrected chi connectivity index (χ4v) is 12.7. The molecule has 0 saturated heterocycles. The second-order valence-corrected chi connectivity index (χ2v) is 22.2. The van der Waals surface area contributed by atoms with E-state index in [4.69, 9.17) is 17.9 Å². The lowest BCUT2D eigenvalue weighted by Gasteiger charge is -2.44. The maximum Gasteiger partial charge on any atom is 0.269 e. The summed E-state index contributed by atoms with van der Waals surface area (Å²) in [5.74, 6) is 1.78. The molecule has 0 unspecified atom stereocenters. The third kappa shape index (κ3) is 7.89. The molecule has 0 fully saturated rings. The van der Waals surface area contributed by atoms with E-state index in [2.05, 4.69) is 181 Å². The van der Waals surface area contributed by atoms with Crippen LogP contribution in [-0.2, 0) is 5.41 Å². The average Bonchev–Trinajstić information content (AvgIpc) is 1.07. The van der Waals surface area contributed by atoms with Crippen molar-refractivity contribution in [1.82, 2.24) is 14.1 Å². The van der Waals surface area contributed by atoms with Crippen LogP contribution in [0.3, 0.4) is 0 Å². The molecule has 2 aliphatic rings. The Hall–Kier alpha value is -10.7. The maximum absolute atomic E-state index is 9.17. The van der Waals surface area contributed by atoms with Gasteiger partial charge in [-0.25, -0.2) is 4.98 Å². The second kappa shape index (κ2) is 19.5. The van der Waals surface area contributed by atoms with Gasteiger partial charge in [-0.3, -0.25) is 13.7 Å². The quantitative estimate of drug-likeness (QED) is 0.0821. The van der Waals surface area contributed by atoms with Gasteiger partial charge in [0, 0.05) is 51.5 Å². The number of hydrogen-bond acceptors (Lipinski definition) is 4. The van der Waals surface area contributed by atoms with Gasteiger partial charge >= 0.3 is 0 Å². The second-order valence-electron chi connectivity index (χ2n) is 22.2. The number of fused-ring (bicyclic) bond motifs is 9. The SMILES string of the molecule is [2H]c1c([2H])c([2H])c(-c2cccc(-c3c([2H])c([2H])c([2H])c([2H])c3[2H])c2-[n+]2[c-]n(-c3cccc(Oc4ccc5c6c7c8c(cc6n(-c6cc(C(C)(C)C)ccn6)c5c4)N(c4ccccc4)c4ccccc4B8c4ccccc4N7c4ccccc4)c3)c3ccccc32)c([2H])c1[2H]. The molecular formula is C76H55BN6O. The molecule has 0 saturated carbocycles. The highest BCUT2D eigenvalue weighted by Gasteiger charge is 2.45. The number of imidazole rings is 1. The number of benzene rings is 11. The van der Waals surface area contributed by atoms with Crippen molar-refractivity contribution in [2.45, 2.75) is 26.2 Å². The Bertz CT molecular complexity index is 5360. The molecule has 5 heterocycles. The first-order chi connectivity index (χ1) is 45.5. The highest BCUT2D eigenvalue weighted by molar-refractivity contribution is 7.00. The van der Waals surface area contributed by atoms with Gasteiger partial charge in [-0.05, 0) is 135 Å². The maximum atomic E-state index is 9.17. The van der Waals surface area contributed by atoms with Crippen LogP contribution in [0.25, 0.3) is 72.3 Å². The van der Waals surface area contributed by atoms with Crippen LogP contribution in [-0.4, -0.2) is 20.8 Å². The van der Waals surface area contributed by atoms with Crippen molar-refractivity contribution in [3.05, 3.63) is 291 Å². The van der Waals surface area contributed by atoms with Gasteiger partial charge in [-0.1, -0.05) is 203 Å². The Morgan fingerprint density at radius 2 is 1.11 bits per heavy atom. The zero-order valence-corrected chi connectivity index (χ0v) is 46.0. The molecule has 0 aliphatic carbocycles. The summed E-state index contributed by atoms with van der Waals surface area (Å²) in [5, 5.41) is 2.04. The van der Waals surface area contributed by atoms with E-state index in [-0.39, 0.29) is 40.1 Å². The molecule has 16 rings (SSSR count). The highest BCUT2D eigenvalue weighted by atomic mass is 16.5. The summed E-state index contributed by atoms with van der Waals surface area (Å²) in [7, 11) is 0. The molecule has 14 aromatic rings. The predicted molar refractivity (Wildman–Crippen MR) is 346 cm³/mol. The van der Waals surface area contributed by atoms with Crippen LogP contribution < -0.4 is 35.5 Å². The number of para-hydroxylation sites is 7. The number of aromatic nitrogens is 4. The fourth-order valence-electron chi connectivity index (χ4n) is 12.7. The third-order valence-electron chi connectivity index (χ3n) is 16.3. The minimum absolute atomic E-state index is 0.122. The zero-order valence-electron chi connectivity index (χ0n) is 56.0. The van der Waals surface area contributed by atoms with Gasteiger partial charge in [0.1, 0.15) is 17.3 Å². The molecule has 0 bridgehead atoms. The minimum Gasteiger partial charge on any atom is -0.458 e. The first-order valence-corrected chi connectivity index (χ1v) is 28.0. The molecule has 0 N–H and O–H groups in total. The van der Waals surface area contributed by atoms with E-state index >= 15 is 0 Å². The van der Waals surface area contributed by atoms with E-state index in [0.717, 1.165) is 67.3 Å². The summed E-state index contributed by atoms with van der Waals surface area (Å²) in [6.45, 7) is 6.51. The van der Waals surface area contributed by atoms with Gasteiger partial charge in [-0.15, -0.1) is 0 Å². The van der Waals surface area contributed by atoms with Crippen LogP contribution in [0.5, 0.6) is 11.5 Å². The smallest absolute Gasteiger partial charge is 0.269 e. The number of anilines is 6. The Balaban J connectivity index is 0.910. The van der Waals surface area contributed by atoms with E-state index in [9.17, 15) is 5.48 Å². The van der Waals surface area contributed by atoms with Crippen molar-refractivity contribution in [3.8, 4) is 50.9 Å². The lowest BCUT2D eigenvalue weighted by Crippen LogP contribution is -2.61. The largest absolute Gasteiger partial charge is 0.458 e. The first-order valence-electron chi connectivity index (χ1n) is 33.0. The third-order valence-corrected chi connectivity index (χ3v) is 16.3. The molecule has 84 heavy (non-hydrogen) atoms. The van der Waals surface area contributed by atoms with E-state index in [0.29, 0.717) is 28.2 Å². The van der Waals surface area contributed by atoms with Crippen molar-refractivity contribution in [2.75, 3.05) is 9.80 Å². The Labute approximate surface area is 502 Å². The van der Waals surface area contributed by atoms with Crippen LogP contribution in [0.2, 0.25) is 0 Å². The Morgan fingerprint density at radius 3 is 1.80 bits per heavy atom. The first kappa shape index (κ1) is 39.7. The summed E-state index contributed by atoms with van der Waals surface area (Å²) < 4.78 is 101. The van der Waals surface area contributed by atoms with Gasteiger partial charge < -0.3 is 14.5 Å². The van der Waals surface area contributed by atoms with Crippen LogP contribution in [0.15, 0.2) is 279 Å². The fraction of sp³-hybridized carbons (Fsp3) is 0.0526. The number of nitrogens with zero attached hydrogens (tertiary/aromatic N) is 6. The van der Waals surface area contributed by atoms with Crippen LogP contribution >= 0.6 is 0 Å². The summed E-state index contributed by atoms with van der Waals surface area (Å²) in [4.78, 5) is 10.1. The van der Waals surface area contributed by atoms with Crippen molar-refractivity contribution in [3.63, 3.8) is 0 Å². The molecule has 11 aromatic carbocycles. The van der Waals surface area contributed by atoms with Crippen molar-refractivity contribution in [1.29, 1.82) is 0 Å². The van der Waals surface area contributed by atoms with Crippen LogP contribution in [0.1, 0.15) is 40.0 Å². The van der Waals surface area contributed by atoms with Gasteiger partial charge in [0.25, 0.3) is 13.0 Å². The molecular weight excluding hydrogens is 1020 g/mol. The van der Waals surface area contributed by atoms with Gasteiger partial charge in [-0.2, -0.15) is 0 Å². The average molecular weight is 1090 g/mol. The molecule has 0 radical (unpaired) electrons. The van der Waals surface area contributed by atoms with Crippen molar-refractivity contribution >= 4 is 90.1 Å². The summed E-state index contributed by atoms with van der Waals surface area (Å²) in [6.07, 6.45) is 5.41. The molecule has 7 nitrogen and oxygen atoms in total. The molecule has 3 aromatic heterocycles. The molecule has 8 heteroatoms. The zero-order chi connectivity index (χ0) is 64.7. The molecule has 0 atom stereocenters. The number of ether oxygens (including phenoxy) is 1. The van der Waals surface area contributed by atoms with Crippen molar-refractivity contribution < 1.29 is 23.0 Å². The minimum atomic E-state index is -0.574. The molecule has 0 amide bonds. The normalized spacial score (nSPS) is 14.3. The standard InChI is InChI=1S/C76H55BN6O/c1-76(2,3)53-44-45-78-71(46-53)83-68-48-58(84-57-33-22-32-56(47-57)79-50-80(67-41-21-20-40-66(67)79)74-59(51-24-8-4-9-25-51)34-23-35-60(74)52-26-10-5-11-27-52)42-43-61(68)72-69(83)49-70-73-75(72)82(55-30-14-7-15-31-55)65-39-19-17-37-63(65)77(73)62-36-16-18-38-64(62)81(70)54-28-12-6-13-29-54/h4-49H,1-3H3/i4D,5D,8D,9D,10D,11D,24D,25D,26D,27D. The summed E-state index contributed by atoms with van der Waals surface area (Å²) in [6, 6.07) is 66.2. The van der Waals surface area contributed by atoms with E-state index < -0.39 is 60.4 Å². The number of rotatable bonds is 9. The Kier molecular flexibility index (Phi) is 9.21. The monoisotopic (exact) mass is 1090 g/mol. The van der Waals surface area contributed by atoms with E-state index in [1.54, 1.807) is 22.8 Å². The molecule has 2 aliphatic heterocycles. The molecule has 0 spiro atoms. The predicted octanol–water partition coefficient (Wildman–Crippen LogP) is 16.7. The number of hydrogen-bond donors (Lipinski definition) is 0. The van der Waals surface area contributed by atoms with Gasteiger partial charge in [0.2, 0.25) is 0 Å². The Morgan fingerprint density at radius 1 is 0.512 bits per heavy atom. The van der Waals surface area contributed by atoms with Gasteiger partial charge in [0.15, 0.2) is 0 Å². The highest BCUT2D eigenvalue weighted by Crippen LogP contribution is 2.50. The summed E-state index contributed by atoms with van der Waals surface area (Å²) >= 11 is 0. The van der Waals surface area contributed by atoms with E-state index in [1.807, 2.05) is 65.4 Å². The van der Waals surface area contributed by atoms with Crippen LogP contribution in [0, 0.1) is 6.33 Å². The van der Waals surface area contributed by atoms with E-state index in [1.165, 1.54) is 16.4 Å². The lowest BCUT2D eigenvalue weighted by atomic mass is 9.33. The molecule has 398 valence electrons. The van der Waals surface area contributed by atoms with Crippen LogP contribution in [0.4, 0.5) is 34.1 Å². The van der Waals surface area contributed by atoms with Gasteiger partial charge in [0.05, 0.1) is 52.8 Å². The van der Waals surface area contributed by atoms with Crippen molar-refractivity contribution in [2.24, 2.45) is 0 Å². The number of pyridine rings is 1. The topological polar surface area (TPSA) is 42.3 Å². The summed E-state index contributed by atoms with van der Waals surface area (Å²) in [5.41, 5.74) is 14.7. The lowest BCUT2D eigenvalue weighted by molar-refractivity contribution is -0.571.